The molecule has 0 aromatic carbocycles. The fourth-order valence-corrected chi connectivity index (χ4v) is 2.10. The maximum atomic E-state index is 12.2. The monoisotopic (exact) mass is 290 g/mol. The second-order valence-corrected chi connectivity index (χ2v) is 4.39. The molecule has 0 unspecified atom stereocenters. The first-order valence-electron chi connectivity index (χ1n) is 4.79. The largest absolute Gasteiger partial charge is 0.407 e. The maximum absolute atomic E-state index is 12.2. The first-order chi connectivity index (χ1) is 8.12. The first-order valence-corrected chi connectivity index (χ1v) is 5.74. The lowest BCUT2D eigenvalue weighted by Crippen LogP contribution is -2.42. The Labute approximate surface area is 102 Å². The van der Waals surface area contributed by atoms with Gasteiger partial charge in [0.25, 0.3) is 0 Å². The molecule has 0 saturated heterocycles. The van der Waals surface area contributed by atoms with Gasteiger partial charge >= 0.3 is 12.4 Å². The van der Waals surface area contributed by atoms with Crippen LogP contribution < -0.4 is 0 Å². The highest BCUT2D eigenvalue weighted by atomic mass is 32.1. The molecule has 0 aliphatic heterocycles. The predicted molar refractivity (Wildman–Crippen MR) is 53.2 cm³/mol. The number of carbonyl (C=O) groups is 1. The smallest absolute Gasteiger partial charge is 0.299 e. The van der Waals surface area contributed by atoms with E-state index in [1.807, 2.05) is 0 Å². The second-order valence-electron chi connectivity index (χ2n) is 3.61. The minimum Gasteiger partial charge on any atom is -0.299 e. The van der Waals surface area contributed by atoms with Gasteiger partial charge in [0.15, 0.2) is 5.78 Å². The number of thiophene rings is 1. The summed E-state index contributed by atoms with van der Waals surface area (Å²) in [5.74, 6) is -5.73. The van der Waals surface area contributed by atoms with E-state index in [0.717, 1.165) is 0 Å². The topological polar surface area (TPSA) is 17.1 Å². The molecule has 8 heteroatoms. The van der Waals surface area contributed by atoms with Crippen LogP contribution in [0.2, 0.25) is 0 Å². The molecular formula is C10H8F6OS. The van der Waals surface area contributed by atoms with E-state index in [4.69, 9.17) is 0 Å². The van der Waals surface area contributed by atoms with Gasteiger partial charge in [-0.2, -0.15) is 37.7 Å². The van der Waals surface area contributed by atoms with Gasteiger partial charge in [-0.15, -0.1) is 0 Å². The molecular weight excluding hydrogens is 282 g/mol. The quantitative estimate of drug-likeness (QED) is 0.766. The maximum Gasteiger partial charge on any atom is 0.407 e. The third kappa shape index (κ3) is 4.01. The molecule has 1 aromatic heterocycles. The SMILES string of the molecule is O=C(CCc1ccsc1)C(C(F)(F)F)C(F)(F)F. The van der Waals surface area contributed by atoms with E-state index >= 15 is 0 Å². The number of ketones is 1. The van der Waals surface area contributed by atoms with Crippen LogP contribution in [0.1, 0.15) is 12.0 Å². The summed E-state index contributed by atoms with van der Waals surface area (Å²) in [6, 6.07) is 1.55. The lowest BCUT2D eigenvalue weighted by molar-refractivity contribution is -0.273. The van der Waals surface area contributed by atoms with Gasteiger partial charge in [-0.05, 0) is 28.8 Å². The summed E-state index contributed by atoms with van der Waals surface area (Å²) in [6.07, 6.45) is -12.1. The van der Waals surface area contributed by atoms with Gasteiger partial charge < -0.3 is 0 Å². The Morgan fingerprint density at radius 1 is 1.17 bits per heavy atom. The first kappa shape index (κ1) is 15.0. The van der Waals surface area contributed by atoms with E-state index in [-0.39, 0.29) is 6.42 Å². The fourth-order valence-electron chi connectivity index (χ4n) is 1.40. The normalized spacial score (nSPS) is 13.1. The van der Waals surface area contributed by atoms with Crippen LogP contribution in [0.15, 0.2) is 16.8 Å². The molecule has 0 N–H and O–H groups in total. The number of hydrogen-bond acceptors (Lipinski definition) is 2. The highest BCUT2D eigenvalue weighted by molar-refractivity contribution is 7.07. The van der Waals surface area contributed by atoms with Crippen LogP contribution in [0.5, 0.6) is 0 Å². The van der Waals surface area contributed by atoms with E-state index in [0.29, 0.717) is 5.56 Å². The van der Waals surface area contributed by atoms with Crippen molar-refractivity contribution >= 4 is 17.1 Å². The van der Waals surface area contributed by atoms with Crippen LogP contribution in [-0.2, 0) is 11.2 Å². The van der Waals surface area contributed by atoms with Gasteiger partial charge in [-0.3, -0.25) is 4.79 Å². The summed E-state index contributed by atoms with van der Waals surface area (Å²) in [4.78, 5) is 11.1. The standard InChI is InChI=1S/C10H8F6OS/c11-9(12,13)8(10(14,15)16)7(17)2-1-6-3-4-18-5-6/h3-5,8H,1-2H2. The van der Waals surface area contributed by atoms with Crippen molar-refractivity contribution in [3.63, 3.8) is 0 Å². The average Bonchev–Trinajstić information content (AvgIpc) is 2.61. The van der Waals surface area contributed by atoms with Crippen molar-refractivity contribution in [3.8, 4) is 0 Å². The second kappa shape index (κ2) is 5.29. The number of rotatable bonds is 4. The molecule has 0 saturated carbocycles. The Morgan fingerprint density at radius 2 is 1.72 bits per heavy atom. The molecule has 0 bridgehead atoms. The molecule has 102 valence electrons. The molecule has 0 amide bonds. The lowest BCUT2D eigenvalue weighted by atomic mass is 9.97. The molecule has 1 aromatic rings. The fraction of sp³-hybridized carbons (Fsp3) is 0.500. The minimum absolute atomic E-state index is 0.120. The van der Waals surface area contributed by atoms with Crippen LogP contribution in [-0.4, -0.2) is 18.1 Å². The van der Waals surface area contributed by atoms with Crippen molar-refractivity contribution in [2.45, 2.75) is 25.2 Å². The van der Waals surface area contributed by atoms with E-state index in [2.05, 4.69) is 0 Å². The minimum atomic E-state index is -5.59. The molecule has 0 atom stereocenters. The van der Waals surface area contributed by atoms with Crippen LogP contribution in [0.4, 0.5) is 26.3 Å². The molecule has 18 heavy (non-hydrogen) atoms. The van der Waals surface area contributed by atoms with Gasteiger partial charge in [-0.1, -0.05) is 0 Å². The third-order valence-corrected chi connectivity index (χ3v) is 2.95. The van der Waals surface area contributed by atoms with Crippen LogP contribution >= 0.6 is 11.3 Å². The lowest BCUT2D eigenvalue weighted by Gasteiger charge is -2.21. The summed E-state index contributed by atoms with van der Waals surface area (Å²) in [5, 5.41) is 3.20. The van der Waals surface area contributed by atoms with Gasteiger partial charge in [0, 0.05) is 6.42 Å². The third-order valence-electron chi connectivity index (χ3n) is 2.22. The Kier molecular flexibility index (Phi) is 4.41. The van der Waals surface area contributed by atoms with Crippen molar-refractivity contribution in [1.82, 2.24) is 0 Å². The average molecular weight is 290 g/mol. The Bertz CT molecular complexity index is 377. The number of carbonyl (C=O) groups excluding carboxylic acids is 1. The zero-order chi connectivity index (χ0) is 14.0. The van der Waals surface area contributed by atoms with E-state index in [9.17, 15) is 31.1 Å². The molecule has 0 fully saturated rings. The molecule has 0 radical (unpaired) electrons. The number of halogens is 6. The summed E-state index contributed by atoms with van der Waals surface area (Å²) in [5.41, 5.74) is 0.552. The van der Waals surface area contributed by atoms with Crippen LogP contribution in [0.3, 0.4) is 0 Å². The van der Waals surface area contributed by atoms with Crippen molar-refractivity contribution < 1.29 is 31.1 Å². The van der Waals surface area contributed by atoms with Gasteiger partial charge in [0.05, 0.1) is 0 Å². The number of aryl methyl sites for hydroxylation is 1. The number of hydrogen-bond donors (Lipinski definition) is 0. The van der Waals surface area contributed by atoms with Gasteiger partial charge in [-0.25, -0.2) is 0 Å². The summed E-state index contributed by atoms with van der Waals surface area (Å²) in [6.45, 7) is 0. The molecule has 0 spiro atoms. The van der Waals surface area contributed by atoms with E-state index < -0.39 is 30.5 Å². The zero-order valence-corrected chi connectivity index (χ0v) is 9.62. The zero-order valence-electron chi connectivity index (χ0n) is 8.81. The number of alkyl halides is 6. The van der Waals surface area contributed by atoms with Crippen molar-refractivity contribution in [2.24, 2.45) is 5.92 Å². The molecule has 1 nitrogen and oxygen atoms in total. The number of Topliss-reactive ketones (excluding diaryl/α,β-unsaturated/α-hetero) is 1. The van der Waals surface area contributed by atoms with Crippen LogP contribution in [0.25, 0.3) is 0 Å². The van der Waals surface area contributed by atoms with Crippen molar-refractivity contribution in [1.29, 1.82) is 0 Å². The Hall–Kier alpha value is -1.05. The predicted octanol–water partition coefficient (Wildman–Crippen LogP) is 3.99. The highest BCUT2D eigenvalue weighted by Gasteiger charge is 2.60. The molecule has 1 rings (SSSR count). The molecule has 0 aliphatic rings. The van der Waals surface area contributed by atoms with Crippen molar-refractivity contribution in [3.05, 3.63) is 22.4 Å². The molecule has 0 aliphatic carbocycles. The van der Waals surface area contributed by atoms with Crippen molar-refractivity contribution in [2.75, 3.05) is 0 Å². The summed E-state index contributed by atoms with van der Waals surface area (Å²) in [7, 11) is 0. The van der Waals surface area contributed by atoms with E-state index in [1.165, 1.54) is 11.3 Å². The van der Waals surface area contributed by atoms with Gasteiger partial charge in [0.1, 0.15) is 0 Å². The van der Waals surface area contributed by atoms with E-state index in [1.54, 1.807) is 16.8 Å². The Balaban J connectivity index is 2.72. The van der Waals surface area contributed by atoms with Crippen LogP contribution in [0, 0.1) is 5.92 Å². The van der Waals surface area contributed by atoms with Gasteiger partial charge in [0.2, 0.25) is 5.92 Å². The summed E-state index contributed by atoms with van der Waals surface area (Å²) >= 11 is 1.25. The highest BCUT2D eigenvalue weighted by Crippen LogP contribution is 2.40. The Morgan fingerprint density at radius 3 is 2.11 bits per heavy atom. The summed E-state index contributed by atoms with van der Waals surface area (Å²) < 4.78 is 73.2. The molecule has 1 heterocycles.